The van der Waals surface area contributed by atoms with Crippen LogP contribution in [0, 0.1) is 5.41 Å². The standard InChI is InChI=1S/C14H16ClNO5/c1-14(13(18)19)8-20-6-11(14)16-12(17)7-21-10-4-2-3-9(15)5-10/h2-5,11H,6-8H2,1H3,(H,16,17)(H,18,19). The Morgan fingerprint density at radius 2 is 2.33 bits per heavy atom. The predicted octanol–water partition coefficient (Wildman–Crippen LogP) is 1.32. The molecule has 2 unspecified atom stereocenters. The van der Waals surface area contributed by atoms with Crippen LogP contribution in [0.3, 0.4) is 0 Å². The summed E-state index contributed by atoms with van der Waals surface area (Å²) in [5, 5.41) is 12.4. The zero-order valence-electron chi connectivity index (χ0n) is 11.5. The molecule has 0 radical (unpaired) electrons. The van der Waals surface area contributed by atoms with Crippen LogP contribution in [0.4, 0.5) is 0 Å². The summed E-state index contributed by atoms with van der Waals surface area (Å²) in [5.41, 5.74) is -1.12. The molecule has 1 aromatic rings. The van der Waals surface area contributed by atoms with Crippen molar-refractivity contribution in [3.8, 4) is 5.75 Å². The van der Waals surface area contributed by atoms with Gasteiger partial charge in [0, 0.05) is 5.02 Å². The summed E-state index contributed by atoms with van der Waals surface area (Å²) in [6.45, 7) is 1.58. The summed E-state index contributed by atoms with van der Waals surface area (Å²) >= 11 is 5.81. The topological polar surface area (TPSA) is 84.9 Å². The van der Waals surface area contributed by atoms with Crippen LogP contribution in [0.2, 0.25) is 5.02 Å². The summed E-state index contributed by atoms with van der Waals surface area (Å²) in [7, 11) is 0. The van der Waals surface area contributed by atoms with Crippen LogP contribution in [0.1, 0.15) is 6.92 Å². The van der Waals surface area contributed by atoms with E-state index in [2.05, 4.69) is 5.32 Å². The largest absolute Gasteiger partial charge is 0.484 e. The molecule has 6 nitrogen and oxygen atoms in total. The summed E-state index contributed by atoms with van der Waals surface area (Å²) in [6, 6.07) is 6.10. The van der Waals surface area contributed by atoms with Crippen LogP contribution in [0.15, 0.2) is 24.3 Å². The monoisotopic (exact) mass is 313 g/mol. The molecule has 1 aromatic carbocycles. The highest BCUT2D eigenvalue weighted by atomic mass is 35.5. The lowest BCUT2D eigenvalue weighted by atomic mass is 9.85. The fourth-order valence-electron chi connectivity index (χ4n) is 2.03. The van der Waals surface area contributed by atoms with Gasteiger partial charge in [-0.25, -0.2) is 0 Å². The average molecular weight is 314 g/mol. The van der Waals surface area contributed by atoms with Gasteiger partial charge < -0.3 is 19.9 Å². The molecule has 0 saturated carbocycles. The third-order valence-electron chi connectivity index (χ3n) is 3.45. The predicted molar refractivity (Wildman–Crippen MR) is 75.4 cm³/mol. The molecule has 0 aliphatic carbocycles. The minimum absolute atomic E-state index is 0.0719. The van der Waals surface area contributed by atoms with E-state index in [1.807, 2.05) is 0 Å². The van der Waals surface area contributed by atoms with Crippen molar-refractivity contribution in [2.75, 3.05) is 19.8 Å². The highest BCUT2D eigenvalue weighted by Crippen LogP contribution is 2.28. The molecule has 0 aromatic heterocycles. The Morgan fingerprint density at radius 3 is 3.00 bits per heavy atom. The van der Waals surface area contributed by atoms with Crippen molar-refractivity contribution in [1.29, 1.82) is 0 Å². The molecular weight excluding hydrogens is 298 g/mol. The van der Waals surface area contributed by atoms with Gasteiger partial charge in [-0.2, -0.15) is 0 Å². The van der Waals surface area contributed by atoms with Gasteiger partial charge in [0.25, 0.3) is 5.91 Å². The molecule has 0 bridgehead atoms. The lowest BCUT2D eigenvalue weighted by Crippen LogP contribution is -2.50. The number of carboxylic acid groups (broad SMARTS) is 1. The van der Waals surface area contributed by atoms with Crippen LogP contribution in [-0.4, -0.2) is 42.8 Å². The van der Waals surface area contributed by atoms with Crippen LogP contribution in [-0.2, 0) is 14.3 Å². The van der Waals surface area contributed by atoms with E-state index in [0.717, 1.165) is 0 Å². The van der Waals surface area contributed by atoms with E-state index >= 15 is 0 Å². The lowest BCUT2D eigenvalue weighted by Gasteiger charge is -2.25. The maximum atomic E-state index is 11.9. The Labute approximate surface area is 127 Å². The molecular formula is C14H16ClNO5. The number of carbonyl (C=O) groups is 2. The Morgan fingerprint density at radius 1 is 1.57 bits per heavy atom. The number of aliphatic carboxylic acids is 1. The number of hydrogen-bond donors (Lipinski definition) is 2. The normalized spacial score (nSPS) is 24.6. The number of halogens is 1. The van der Waals surface area contributed by atoms with Crippen molar-refractivity contribution in [3.63, 3.8) is 0 Å². The van der Waals surface area contributed by atoms with Gasteiger partial charge in [0.15, 0.2) is 6.61 Å². The second-order valence-corrected chi connectivity index (χ2v) is 5.54. The fraction of sp³-hybridized carbons (Fsp3) is 0.429. The molecule has 2 atom stereocenters. The van der Waals surface area contributed by atoms with E-state index in [0.29, 0.717) is 10.8 Å². The average Bonchev–Trinajstić information content (AvgIpc) is 2.79. The number of nitrogens with one attached hydrogen (secondary N) is 1. The van der Waals surface area contributed by atoms with E-state index < -0.39 is 23.3 Å². The first-order valence-corrected chi connectivity index (χ1v) is 6.78. The summed E-state index contributed by atoms with van der Waals surface area (Å²) < 4.78 is 10.5. The van der Waals surface area contributed by atoms with Gasteiger partial charge >= 0.3 is 5.97 Å². The molecule has 1 fully saturated rings. The molecule has 114 valence electrons. The Balaban J connectivity index is 1.89. The van der Waals surface area contributed by atoms with Gasteiger partial charge in [-0.1, -0.05) is 17.7 Å². The minimum atomic E-state index is -1.12. The third-order valence-corrected chi connectivity index (χ3v) is 3.68. The second kappa shape index (κ2) is 6.32. The number of benzene rings is 1. The number of hydrogen-bond acceptors (Lipinski definition) is 4. The lowest BCUT2D eigenvalue weighted by molar-refractivity contribution is -0.149. The number of rotatable bonds is 5. The number of carboxylic acids is 1. The molecule has 0 spiro atoms. The number of amides is 1. The second-order valence-electron chi connectivity index (χ2n) is 5.10. The van der Waals surface area contributed by atoms with Crippen LogP contribution in [0.5, 0.6) is 5.75 Å². The molecule has 2 N–H and O–H groups in total. The molecule has 1 aliphatic heterocycles. The van der Waals surface area contributed by atoms with Gasteiger partial charge in [0.2, 0.25) is 0 Å². The Kier molecular flexibility index (Phi) is 4.69. The van der Waals surface area contributed by atoms with E-state index in [9.17, 15) is 14.7 Å². The third kappa shape index (κ3) is 3.65. The molecule has 1 heterocycles. The van der Waals surface area contributed by atoms with Crippen molar-refractivity contribution in [1.82, 2.24) is 5.32 Å². The van der Waals surface area contributed by atoms with Crippen molar-refractivity contribution in [3.05, 3.63) is 29.3 Å². The van der Waals surface area contributed by atoms with Gasteiger partial charge in [-0.05, 0) is 25.1 Å². The van der Waals surface area contributed by atoms with Crippen LogP contribution >= 0.6 is 11.6 Å². The van der Waals surface area contributed by atoms with Crippen molar-refractivity contribution in [2.24, 2.45) is 5.41 Å². The van der Waals surface area contributed by atoms with Gasteiger partial charge in [0.1, 0.15) is 11.2 Å². The van der Waals surface area contributed by atoms with E-state index in [1.165, 1.54) is 0 Å². The quantitative estimate of drug-likeness (QED) is 0.856. The van der Waals surface area contributed by atoms with Crippen molar-refractivity contribution < 1.29 is 24.2 Å². The number of carbonyl (C=O) groups excluding carboxylic acids is 1. The molecule has 1 saturated heterocycles. The highest BCUT2D eigenvalue weighted by molar-refractivity contribution is 6.30. The smallest absolute Gasteiger partial charge is 0.313 e. The molecule has 21 heavy (non-hydrogen) atoms. The maximum absolute atomic E-state index is 11.9. The first kappa shape index (κ1) is 15.6. The first-order valence-electron chi connectivity index (χ1n) is 6.41. The van der Waals surface area contributed by atoms with Gasteiger partial charge in [-0.3, -0.25) is 9.59 Å². The van der Waals surface area contributed by atoms with Gasteiger partial charge in [0.05, 0.1) is 19.3 Å². The SMILES string of the molecule is CC1(C(=O)O)COCC1NC(=O)COc1cccc(Cl)c1. The Hall–Kier alpha value is -1.79. The molecule has 1 amide bonds. The Bertz CT molecular complexity index is 550. The maximum Gasteiger partial charge on any atom is 0.313 e. The fourth-order valence-corrected chi connectivity index (χ4v) is 2.21. The van der Waals surface area contributed by atoms with Crippen molar-refractivity contribution in [2.45, 2.75) is 13.0 Å². The molecule has 2 rings (SSSR count). The molecule has 1 aliphatic rings. The minimum Gasteiger partial charge on any atom is -0.484 e. The van der Waals surface area contributed by atoms with E-state index in [4.69, 9.17) is 21.1 Å². The van der Waals surface area contributed by atoms with E-state index in [1.54, 1.807) is 31.2 Å². The highest BCUT2D eigenvalue weighted by Gasteiger charge is 2.47. The summed E-state index contributed by atoms with van der Waals surface area (Å²) in [4.78, 5) is 23.1. The first-order chi connectivity index (χ1) is 9.91. The summed E-state index contributed by atoms with van der Waals surface area (Å²) in [5.74, 6) is -0.930. The van der Waals surface area contributed by atoms with Crippen LogP contribution < -0.4 is 10.1 Å². The molecule has 7 heteroatoms. The number of ether oxygens (including phenoxy) is 2. The zero-order chi connectivity index (χ0) is 15.5. The summed E-state index contributed by atoms with van der Waals surface area (Å²) in [6.07, 6.45) is 0. The van der Waals surface area contributed by atoms with Crippen LogP contribution in [0.25, 0.3) is 0 Å². The van der Waals surface area contributed by atoms with Crippen molar-refractivity contribution >= 4 is 23.5 Å². The zero-order valence-corrected chi connectivity index (χ0v) is 12.2. The van der Waals surface area contributed by atoms with E-state index in [-0.39, 0.29) is 19.8 Å². The van der Waals surface area contributed by atoms with Gasteiger partial charge in [-0.15, -0.1) is 0 Å².